The largest absolute Gasteiger partial charge is 0.368 e. The first-order chi connectivity index (χ1) is 9.00. The third-order valence-electron chi connectivity index (χ3n) is 3.15. The Kier molecular flexibility index (Phi) is 3.46. The van der Waals surface area contributed by atoms with Crippen molar-refractivity contribution in [3.63, 3.8) is 0 Å². The van der Waals surface area contributed by atoms with Crippen molar-refractivity contribution >= 4 is 22.7 Å². The van der Waals surface area contributed by atoms with Crippen LogP contribution in [0.3, 0.4) is 0 Å². The van der Waals surface area contributed by atoms with Crippen LogP contribution in [0, 0.1) is 0 Å². The lowest BCUT2D eigenvalue weighted by Gasteiger charge is -2.22. The molecule has 1 aromatic carbocycles. The van der Waals surface area contributed by atoms with Crippen LogP contribution in [-0.2, 0) is 4.79 Å². The highest BCUT2D eigenvalue weighted by Gasteiger charge is 2.21. The van der Waals surface area contributed by atoms with E-state index in [4.69, 9.17) is 5.73 Å². The number of hydrogen-bond donors (Lipinski definition) is 1. The van der Waals surface area contributed by atoms with Gasteiger partial charge in [0.1, 0.15) is 6.04 Å². The molecule has 0 saturated carbocycles. The molecule has 1 aromatic heterocycles. The maximum absolute atomic E-state index is 12.2. The van der Waals surface area contributed by atoms with Crippen molar-refractivity contribution in [1.29, 1.82) is 0 Å². The predicted octanol–water partition coefficient (Wildman–Crippen LogP) is 1.18. The van der Waals surface area contributed by atoms with Crippen molar-refractivity contribution in [2.24, 2.45) is 5.73 Å². The van der Waals surface area contributed by atoms with Gasteiger partial charge in [-0.2, -0.15) is 0 Å². The number of amides is 2. The van der Waals surface area contributed by atoms with E-state index >= 15 is 0 Å². The van der Waals surface area contributed by atoms with Crippen molar-refractivity contribution in [3.05, 3.63) is 42.1 Å². The van der Waals surface area contributed by atoms with Crippen LogP contribution in [0.25, 0.3) is 10.9 Å². The van der Waals surface area contributed by atoms with E-state index in [1.807, 2.05) is 24.3 Å². The first-order valence-corrected chi connectivity index (χ1v) is 5.92. The molecule has 5 nitrogen and oxygen atoms in total. The second-order valence-corrected chi connectivity index (χ2v) is 4.41. The third-order valence-corrected chi connectivity index (χ3v) is 3.15. The molecule has 0 aliphatic heterocycles. The Morgan fingerprint density at radius 3 is 2.68 bits per heavy atom. The van der Waals surface area contributed by atoms with Crippen LogP contribution >= 0.6 is 0 Å². The Labute approximate surface area is 111 Å². The molecule has 1 atom stereocenters. The molecule has 5 heteroatoms. The van der Waals surface area contributed by atoms with E-state index in [2.05, 4.69) is 4.98 Å². The highest BCUT2D eigenvalue weighted by molar-refractivity contribution is 5.99. The van der Waals surface area contributed by atoms with Gasteiger partial charge in [0, 0.05) is 18.6 Å². The molecule has 0 fully saturated rings. The van der Waals surface area contributed by atoms with Gasteiger partial charge in [0.2, 0.25) is 5.91 Å². The molecule has 98 valence electrons. The Morgan fingerprint density at radius 1 is 1.32 bits per heavy atom. The van der Waals surface area contributed by atoms with Crippen LogP contribution in [0.2, 0.25) is 0 Å². The van der Waals surface area contributed by atoms with Crippen LogP contribution in [0.5, 0.6) is 0 Å². The zero-order valence-electron chi connectivity index (χ0n) is 10.8. The SMILES string of the molecule is CC(C(N)=O)N(C)C(=O)c1cnc2ccccc2c1. The molecule has 0 aliphatic carbocycles. The average molecular weight is 257 g/mol. The number of aromatic nitrogens is 1. The van der Waals surface area contributed by atoms with E-state index in [0.29, 0.717) is 5.56 Å². The van der Waals surface area contributed by atoms with Gasteiger partial charge in [-0.1, -0.05) is 18.2 Å². The van der Waals surface area contributed by atoms with E-state index < -0.39 is 11.9 Å². The minimum atomic E-state index is -0.654. The summed E-state index contributed by atoms with van der Waals surface area (Å²) in [7, 11) is 1.55. The van der Waals surface area contributed by atoms with Gasteiger partial charge in [-0.15, -0.1) is 0 Å². The van der Waals surface area contributed by atoms with Crippen LogP contribution < -0.4 is 5.73 Å². The molecule has 0 spiro atoms. The van der Waals surface area contributed by atoms with Crippen LogP contribution in [0.15, 0.2) is 36.5 Å². The summed E-state index contributed by atoms with van der Waals surface area (Å²) in [6.45, 7) is 1.59. The zero-order chi connectivity index (χ0) is 14.0. The number of hydrogen-bond acceptors (Lipinski definition) is 3. The number of para-hydroxylation sites is 1. The monoisotopic (exact) mass is 257 g/mol. The predicted molar refractivity (Wildman–Crippen MR) is 72.5 cm³/mol. The quantitative estimate of drug-likeness (QED) is 0.897. The molecule has 2 rings (SSSR count). The van der Waals surface area contributed by atoms with Gasteiger partial charge < -0.3 is 10.6 Å². The van der Waals surface area contributed by atoms with Crippen molar-refractivity contribution in [2.45, 2.75) is 13.0 Å². The number of rotatable bonds is 3. The van der Waals surface area contributed by atoms with E-state index in [0.717, 1.165) is 10.9 Å². The van der Waals surface area contributed by atoms with Gasteiger partial charge >= 0.3 is 0 Å². The summed E-state index contributed by atoms with van der Waals surface area (Å²) in [4.78, 5) is 28.9. The molecule has 19 heavy (non-hydrogen) atoms. The molecule has 0 saturated heterocycles. The second kappa shape index (κ2) is 5.06. The highest BCUT2D eigenvalue weighted by atomic mass is 16.2. The van der Waals surface area contributed by atoms with Gasteiger partial charge in [0.05, 0.1) is 11.1 Å². The molecule has 1 heterocycles. The van der Waals surface area contributed by atoms with Crippen LogP contribution in [0.1, 0.15) is 17.3 Å². The van der Waals surface area contributed by atoms with Gasteiger partial charge in [-0.3, -0.25) is 14.6 Å². The summed E-state index contributed by atoms with van der Waals surface area (Å²) in [5.41, 5.74) is 6.46. The Hall–Kier alpha value is -2.43. The molecule has 0 bridgehead atoms. The van der Waals surface area contributed by atoms with Crippen molar-refractivity contribution < 1.29 is 9.59 Å². The molecular weight excluding hydrogens is 242 g/mol. The number of nitrogens with two attached hydrogens (primary N) is 1. The van der Waals surface area contributed by atoms with Gasteiger partial charge in [0.25, 0.3) is 5.91 Å². The van der Waals surface area contributed by atoms with Crippen molar-refractivity contribution in [1.82, 2.24) is 9.88 Å². The van der Waals surface area contributed by atoms with E-state index in [1.54, 1.807) is 20.0 Å². The van der Waals surface area contributed by atoms with Gasteiger partial charge in [0.15, 0.2) is 0 Å². The number of pyridine rings is 1. The topological polar surface area (TPSA) is 76.3 Å². The smallest absolute Gasteiger partial charge is 0.255 e. The fourth-order valence-electron chi connectivity index (χ4n) is 1.76. The number of carbonyl (C=O) groups excluding carboxylic acids is 2. The van der Waals surface area contributed by atoms with E-state index in [9.17, 15) is 9.59 Å². The lowest BCUT2D eigenvalue weighted by atomic mass is 10.1. The third kappa shape index (κ3) is 2.54. The number of benzene rings is 1. The van der Waals surface area contributed by atoms with Gasteiger partial charge in [-0.05, 0) is 19.1 Å². The van der Waals surface area contributed by atoms with E-state index in [1.165, 1.54) is 11.1 Å². The summed E-state index contributed by atoms with van der Waals surface area (Å²) in [5, 5.41) is 0.883. The number of nitrogens with zero attached hydrogens (tertiary/aromatic N) is 2. The standard InChI is InChI=1S/C14H15N3O2/c1-9(13(15)18)17(2)14(19)11-7-10-5-3-4-6-12(10)16-8-11/h3-9H,1-2H3,(H2,15,18). The molecule has 0 aliphatic rings. The summed E-state index contributed by atoms with van der Waals surface area (Å²) in [6.07, 6.45) is 1.51. The van der Waals surface area contributed by atoms with E-state index in [-0.39, 0.29) is 5.91 Å². The Morgan fingerprint density at radius 2 is 2.00 bits per heavy atom. The molecule has 2 amide bonds. The maximum Gasteiger partial charge on any atom is 0.255 e. The summed E-state index contributed by atoms with van der Waals surface area (Å²) in [6, 6.07) is 8.63. The fourth-order valence-corrected chi connectivity index (χ4v) is 1.76. The van der Waals surface area contributed by atoms with Gasteiger partial charge in [-0.25, -0.2) is 0 Å². The van der Waals surface area contributed by atoms with Crippen LogP contribution in [0.4, 0.5) is 0 Å². The molecule has 1 unspecified atom stereocenters. The highest BCUT2D eigenvalue weighted by Crippen LogP contribution is 2.14. The second-order valence-electron chi connectivity index (χ2n) is 4.41. The first-order valence-electron chi connectivity index (χ1n) is 5.92. The molecule has 2 aromatic rings. The number of likely N-dealkylation sites (N-methyl/N-ethyl adjacent to an activating group) is 1. The zero-order valence-corrected chi connectivity index (χ0v) is 10.8. The minimum Gasteiger partial charge on any atom is -0.368 e. The fraction of sp³-hybridized carbons (Fsp3) is 0.214. The summed E-state index contributed by atoms with van der Waals surface area (Å²) < 4.78 is 0. The van der Waals surface area contributed by atoms with Crippen molar-refractivity contribution in [2.75, 3.05) is 7.05 Å². The molecule has 2 N–H and O–H groups in total. The van der Waals surface area contributed by atoms with Crippen LogP contribution in [-0.4, -0.2) is 34.8 Å². The maximum atomic E-state index is 12.2. The molecule has 0 radical (unpaired) electrons. The normalized spacial score (nSPS) is 12.1. The minimum absolute atomic E-state index is 0.274. The Bertz CT molecular complexity index is 639. The Balaban J connectivity index is 2.33. The number of primary amides is 1. The number of carbonyl (C=O) groups is 2. The summed E-state index contributed by atoms with van der Waals surface area (Å²) >= 11 is 0. The van der Waals surface area contributed by atoms with Crippen molar-refractivity contribution in [3.8, 4) is 0 Å². The lowest BCUT2D eigenvalue weighted by molar-refractivity contribution is -0.121. The average Bonchev–Trinajstić information content (AvgIpc) is 2.44. The summed E-state index contributed by atoms with van der Waals surface area (Å²) in [5.74, 6) is -0.811. The number of fused-ring (bicyclic) bond motifs is 1. The molecular formula is C14H15N3O2. The first kappa shape index (κ1) is 13.0. The lowest BCUT2D eigenvalue weighted by Crippen LogP contribution is -2.43.